The van der Waals surface area contributed by atoms with Gasteiger partial charge in [-0.15, -0.1) is 0 Å². The molecule has 0 aliphatic rings. The predicted octanol–water partition coefficient (Wildman–Crippen LogP) is 4.02. The fraction of sp³-hybridized carbons (Fsp3) is 0.294. The maximum atomic E-state index is 9.96. The lowest BCUT2D eigenvalue weighted by atomic mass is 10.0. The van der Waals surface area contributed by atoms with Crippen molar-refractivity contribution in [3.8, 4) is 5.75 Å². The minimum absolute atomic E-state index is 0.112. The Labute approximate surface area is 120 Å². The van der Waals surface area contributed by atoms with Crippen LogP contribution in [0.5, 0.6) is 5.75 Å². The lowest BCUT2D eigenvalue weighted by molar-refractivity contribution is 0.463. The number of phenolic OH excluding ortho intramolecular Hbond substituents is 1. The number of aromatic hydroxyl groups is 1. The highest BCUT2D eigenvalue weighted by Gasteiger charge is 2.12. The molecule has 0 radical (unpaired) electrons. The van der Waals surface area contributed by atoms with Crippen molar-refractivity contribution in [1.29, 1.82) is 0 Å². The Morgan fingerprint density at radius 1 is 1.05 bits per heavy atom. The highest BCUT2D eigenvalue weighted by atomic mass is 16.3. The first-order valence-corrected chi connectivity index (χ1v) is 6.93. The van der Waals surface area contributed by atoms with E-state index in [1.165, 1.54) is 5.69 Å². The lowest BCUT2D eigenvalue weighted by Crippen LogP contribution is -2.11. The molecule has 0 saturated heterocycles. The molecule has 0 amide bonds. The second kappa shape index (κ2) is 6.33. The number of benzene rings is 2. The van der Waals surface area contributed by atoms with Crippen molar-refractivity contribution in [1.82, 2.24) is 0 Å². The summed E-state index contributed by atoms with van der Waals surface area (Å²) in [5, 5.41) is 13.4. The zero-order chi connectivity index (χ0) is 14.5. The third kappa shape index (κ3) is 3.23. The Bertz CT molecular complexity index is 549. The molecular formula is C17H22N2O. The van der Waals surface area contributed by atoms with Gasteiger partial charge in [0.05, 0.1) is 6.04 Å². The zero-order valence-electron chi connectivity index (χ0n) is 12.3. The molecule has 0 aromatic heterocycles. The molecule has 106 valence electrons. The highest BCUT2D eigenvalue weighted by Crippen LogP contribution is 2.29. The van der Waals surface area contributed by atoms with Crippen molar-refractivity contribution in [2.24, 2.45) is 0 Å². The molecule has 0 aliphatic heterocycles. The van der Waals surface area contributed by atoms with Crippen LogP contribution in [0.25, 0.3) is 0 Å². The molecule has 0 saturated carbocycles. The summed E-state index contributed by atoms with van der Waals surface area (Å²) in [4.78, 5) is 2.07. The van der Waals surface area contributed by atoms with Crippen LogP contribution in [0, 0.1) is 0 Å². The SMILES string of the molecule is CCC(Nc1ccc(N(C)C)cc1)c1ccccc1O. The van der Waals surface area contributed by atoms with Crippen LogP contribution in [0.1, 0.15) is 24.9 Å². The number of anilines is 2. The van der Waals surface area contributed by atoms with Gasteiger partial charge in [0.2, 0.25) is 0 Å². The van der Waals surface area contributed by atoms with Crippen molar-refractivity contribution in [3.05, 3.63) is 54.1 Å². The Balaban J connectivity index is 2.16. The molecule has 0 bridgehead atoms. The zero-order valence-corrected chi connectivity index (χ0v) is 12.3. The maximum absolute atomic E-state index is 9.96. The van der Waals surface area contributed by atoms with Crippen LogP contribution in [0.4, 0.5) is 11.4 Å². The summed E-state index contributed by atoms with van der Waals surface area (Å²) in [5.41, 5.74) is 3.17. The number of phenols is 1. The quantitative estimate of drug-likeness (QED) is 0.861. The summed E-state index contributed by atoms with van der Waals surface area (Å²) >= 11 is 0. The predicted molar refractivity (Wildman–Crippen MR) is 85.5 cm³/mol. The second-order valence-corrected chi connectivity index (χ2v) is 5.11. The van der Waals surface area contributed by atoms with Crippen LogP contribution in [0.15, 0.2) is 48.5 Å². The minimum atomic E-state index is 0.112. The van der Waals surface area contributed by atoms with Gasteiger partial charge in [-0.1, -0.05) is 25.1 Å². The van der Waals surface area contributed by atoms with Gasteiger partial charge in [0, 0.05) is 31.0 Å². The van der Waals surface area contributed by atoms with Gasteiger partial charge in [0.1, 0.15) is 5.75 Å². The van der Waals surface area contributed by atoms with Crippen molar-refractivity contribution < 1.29 is 5.11 Å². The molecule has 2 rings (SSSR count). The molecule has 1 unspecified atom stereocenters. The Morgan fingerprint density at radius 2 is 1.70 bits per heavy atom. The van der Waals surface area contributed by atoms with Gasteiger partial charge in [-0.05, 0) is 36.8 Å². The molecule has 0 aliphatic carbocycles. The van der Waals surface area contributed by atoms with Crippen LogP contribution in [-0.4, -0.2) is 19.2 Å². The van der Waals surface area contributed by atoms with Gasteiger partial charge in [-0.2, -0.15) is 0 Å². The molecule has 2 aromatic rings. The number of hydrogen-bond donors (Lipinski definition) is 2. The van der Waals surface area contributed by atoms with Crippen LogP contribution in [0.3, 0.4) is 0 Å². The molecule has 0 fully saturated rings. The summed E-state index contributed by atoms with van der Waals surface area (Å²) in [7, 11) is 4.05. The normalized spacial score (nSPS) is 11.9. The average Bonchev–Trinajstić information content (AvgIpc) is 2.46. The summed E-state index contributed by atoms with van der Waals surface area (Å²) in [6, 6.07) is 15.9. The van der Waals surface area contributed by atoms with E-state index in [0.29, 0.717) is 5.75 Å². The smallest absolute Gasteiger partial charge is 0.120 e. The summed E-state index contributed by atoms with van der Waals surface area (Å²) in [6.45, 7) is 2.11. The number of nitrogens with zero attached hydrogens (tertiary/aromatic N) is 1. The van der Waals surface area contributed by atoms with Gasteiger partial charge < -0.3 is 15.3 Å². The summed E-state index contributed by atoms with van der Waals surface area (Å²) < 4.78 is 0. The first-order valence-electron chi connectivity index (χ1n) is 6.93. The van der Waals surface area contributed by atoms with Crippen molar-refractivity contribution in [3.63, 3.8) is 0 Å². The number of para-hydroxylation sites is 1. The Morgan fingerprint density at radius 3 is 2.25 bits per heavy atom. The number of hydrogen-bond acceptors (Lipinski definition) is 3. The van der Waals surface area contributed by atoms with Gasteiger partial charge in [-0.3, -0.25) is 0 Å². The summed E-state index contributed by atoms with van der Waals surface area (Å²) in [6.07, 6.45) is 0.910. The third-order valence-electron chi connectivity index (χ3n) is 3.45. The van der Waals surface area contributed by atoms with Crippen LogP contribution in [-0.2, 0) is 0 Å². The molecule has 0 heterocycles. The molecule has 3 nitrogen and oxygen atoms in total. The van der Waals surface area contributed by atoms with Crippen molar-refractivity contribution in [2.75, 3.05) is 24.3 Å². The average molecular weight is 270 g/mol. The largest absolute Gasteiger partial charge is 0.508 e. The summed E-state index contributed by atoms with van der Waals surface area (Å²) in [5.74, 6) is 0.344. The van der Waals surface area contributed by atoms with Crippen LogP contribution >= 0.6 is 0 Å². The van der Waals surface area contributed by atoms with Crippen molar-refractivity contribution in [2.45, 2.75) is 19.4 Å². The van der Waals surface area contributed by atoms with E-state index < -0.39 is 0 Å². The molecule has 2 N–H and O–H groups in total. The van der Waals surface area contributed by atoms with E-state index in [9.17, 15) is 5.11 Å². The van der Waals surface area contributed by atoms with Crippen molar-refractivity contribution >= 4 is 11.4 Å². The first-order chi connectivity index (χ1) is 9.61. The molecule has 3 heteroatoms. The van der Waals surface area contributed by atoms with Gasteiger partial charge in [-0.25, -0.2) is 0 Å². The third-order valence-corrected chi connectivity index (χ3v) is 3.45. The lowest BCUT2D eigenvalue weighted by Gasteiger charge is -2.20. The van der Waals surface area contributed by atoms with E-state index in [1.807, 2.05) is 32.3 Å². The molecule has 1 atom stereocenters. The monoisotopic (exact) mass is 270 g/mol. The fourth-order valence-corrected chi connectivity index (χ4v) is 2.24. The van der Waals surface area contributed by atoms with Gasteiger partial charge in [0.15, 0.2) is 0 Å². The number of rotatable bonds is 5. The van der Waals surface area contributed by atoms with E-state index >= 15 is 0 Å². The van der Waals surface area contributed by atoms with Gasteiger partial charge in [0.25, 0.3) is 0 Å². The molecular weight excluding hydrogens is 248 g/mol. The molecule has 20 heavy (non-hydrogen) atoms. The van der Waals surface area contributed by atoms with E-state index in [-0.39, 0.29) is 6.04 Å². The van der Waals surface area contributed by atoms with Crippen LogP contribution < -0.4 is 10.2 Å². The Hall–Kier alpha value is -2.16. The molecule has 0 spiro atoms. The van der Waals surface area contributed by atoms with Crippen LogP contribution in [0.2, 0.25) is 0 Å². The highest BCUT2D eigenvalue weighted by molar-refractivity contribution is 5.55. The van der Waals surface area contributed by atoms with E-state index in [4.69, 9.17) is 0 Å². The topological polar surface area (TPSA) is 35.5 Å². The van der Waals surface area contributed by atoms with E-state index in [2.05, 4.69) is 41.4 Å². The Kier molecular flexibility index (Phi) is 4.51. The maximum Gasteiger partial charge on any atom is 0.120 e. The standard InChI is InChI=1S/C17H22N2O/c1-4-16(15-7-5-6-8-17(15)20)18-13-9-11-14(12-10-13)19(2)3/h5-12,16,18,20H,4H2,1-3H3. The second-order valence-electron chi connectivity index (χ2n) is 5.11. The first kappa shape index (κ1) is 14.3. The number of nitrogens with one attached hydrogen (secondary N) is 1. The minimum Gasteiger partial charge on any atom is -0.508 e. The molecule has 2 aromatic carbocycles. The fourth-order valence-electron chi connectivity index (χ4n) is 2.24. The van der Waals surface area contributed by atoms with E-state index in [1.54, 1.807) is 6.07 Å². The van der Waals surface area contributed by atoms with E-state index in [0.717, 1.165) is 17.7 Å². The van der Waals surface area contributed by atoms with Gasteiger partial charge >= 0.3 is 0 Å².